The number of rotatable bonds is 5. The van der Waals surface area contributed by atoms with Gasteiger partial charge < -0.3 is 15.1 Å². The van der Waals surface area contributed by atoms with Gasteiger partial charge in [0.05, 0.1) is 23.5 Å². The van der Waals surface area contributed by atoms with Crippen molar-refractivity contribution in [1.82, 2.24) is 9.80 Å². The maximum absolute atomic E-state index is 13.9. The number of benzene rings is 2. The minimum absolute atomic E-state index is 0.0670. The van der Waals surface area contributed by atoms with Gasteiger partial charge in [-0.3, -0.25) is 19.3 Å². The van der Waals surface area contributed by atoms with Crippen molar-refractivity contribution in [3.05, 3.63) is 59.9 Å². The number of para-hydroxylation sites is 2. The third kappa shape index (κ3) is 4.74. The molecule has 31 heavy (non-hydrogen) atoms. The normalized spacial score (nSPS) is 17.1. The molecule has 0 aromatic heterocycles. The molecule has 1 N–H and O–H groups in total. The van der Waals surface area contributed by atoms with Crippen molar-refractivity contribution in [2.75, 3.05) is 49.5 Å². The molecular weight excluding hydrogens is 399 g/mol. The van der Waals surface area contributed by atoms with Gasteiger partial charge in [-0.1, -0.05) is 24.3 Å². The molecule has 2 saturated heterocycles. The lowest BCUT2D eigenvalue weighted by Gasteiger charge is -2.34. The van der Waals surface area contributed by atoms with Gasteiger partial charge in [0.25, 0.3) is 5.91 Å². The molecule has 2 aliphatic rings. The Labute approximate surface area is 180 Å². The quantitative estimate of drug-likeness (QED) is 0.800. The van der Waals surface area contributed by atoms with Crippen LogP contribution in [0, 0.1) is 5.82 Å². The molecule has 0 atom stereocenters. The lowest BCUT2D eigenvalue weighted by atomic mass is 10.1. The van der Waals surface area contributed by atoms with E-state index < -0.39 is 5.82 Å². The summed E-state index contributed by atoms with van der Waals surface area (Å²) < 4.78 is 13.9. The minimum atomic E-state index is -0.524. The van der Waals surface area contributed by atoms with E-state index in [0.717, 1.165) is 12.1 Å². The summed E-state index contributed by atoms with van der Waals surface area (Å²) in [5.74, 6) is -0.957. The van der Waals surface area contributed by atoms with Gasteiger partial charge in [0.1, 0.15) is 5.82 Å². The van der Waals surface area contributed by atoms with E-state index in [0.29, 0.717) is 44.8 Å². The zero-order valence-corrected chi connectivity index (χ0v) is 17.2. The Hall–Kier alpha value is -3.26. The van der Waals surface area contributed by atoms with E-state index in [2.05, 4.69) is 5.32 Å². The van der Waals surface area contributed by atoms with Crippen molar-refractivity contribution >= 4 is 29.1 Å². The molecule has 0 unspecified atom stereocenters. The molecule has 2 heterocycles. The number of halogens is 1. The van der Waals surface area contributed by atoms with Gasteiger partial charge in [0, 0.05) is 39.1 Å². The molecule has 0 spiro atoms. The van der Waals surface area contributed by atoms with Gasteiger partial charge in [0.2, 0.25) is 11.8 Å². The van der Waals surface area contributed by atoms with Crippen LogP contribution < -0.4 is 10.2 Å². The molecule has 3 amide bonds. The van der Waals surface area contributed by atoms with E-state index in [1.807, 2.05) is 23.1 Å². The molecule has 162 valence electrons. The largest absolute Gasteiger partial charge is 0.336 e. The average Bonchev–Trinajstić information content (AvgIpc) is 3.20. The van der Waals surface area contributed by atoms with Crippen LogP contribution in [-0.2, 0) is 9.59 Å². The highest BCUT2D eigenvalue weighted by molar-refractivity contribution is 6.02. The molecule has 8 heteroatoms. The maximum Gasteiger partial charge on any atom is 0.256 e. The van der Waals surface area contributed by atoms with Crippen molar-refractivity contribution in [3.8, 4) is 0 Å². The third-order valence-electron chi connectivity index (χ3n) is 5.67. The Morgan fingerprint density at radius 1 is 0.935 bits per heavy atom. The van der Waals surface area contributed by atoms with Crippen molar-refractivity contribution in [3.63, 3.8) is 0 Å². The summed E-state index contributed by atoms with van der Waals surface area (Å²) in [5, 5.41) is 2.92. The molecule has 2 fully saturated rings. The second-order valence-electron chi connectivity index (χ2n) is 7.76. The van der Waals surface area contributed by atoms with E-state index >= 15 is 0 Å². The molecule has 0 aliphatic carbocycles. The summed E-state index contributed by atoms with van der Waals surface area (Å²) >= 11 is 0. The summed E-state index contributed by atoms with van der Waals surface area (Å²) in [5.41, 5.74) is 1.41. The number of amides is 3. The summed E-state index contributed by atoms with van der Waals surface area (Å²) in [6.45, 7) is 2.76. The monoisotopic (exact) mass is 424 g/mol. The Balaban J connectivity index is 1.32. The molecule has 2 aliphatic heterocycles. The number of nitrogens with zero attached hydrogens (tertiary/aromatic N) is 3. The molecular formula is C23H25FN4O3. The molecule has 0 saturated carbocycles. The SMILES string of the molecule is O=C(CN1CCN(C(=O)c2ccccc2F)CC1)Nc1ccccc1N1CCCC1=O. The smallest absolute Gasteiger partial charge is 0.256 e. The summed E-state index contributed by atoms with van der Waals surface area (Å²) in [4.78, 5) is 42.5. The number of hydrogen-bond acceptors (Lipinski definition) is 4. The van der Waals surface area contributed by atoms with E-state index in [1.165, 1.54) is 12.1 Å². The summed E-state index contributed by atoms with van der Waals surface area (Å²) in [6.07, 6.45) is 1.34. The van der Waals surface area contributed by atoms with Gasteiger partial charge in [-0.05, 0) is 30.7 Å². The zero-order chi connectivity index (χ0) is 21.8. The summed E-state index contributed by atoms with van der Waals surface area (Å²) in [7, 11) is 0. The average molecular weight is 424 g/mol. The first-order chi connectivity index (χ1) is 15.0. The van der Waals surface area contributed by atoms with Crippen molar-refractivity contribution in [2.24, 2.45) is 0 Å². The first kappa shape index (κ1) is 21.0. The molecule has 2 aromatic carbocycles. The number of hydrogen-bond donors (Lipinski definition) is 1. The Bertz CT molecular complexity index is 988. The van der Waals surface area contributed by atoms with Crippen LogP contribution in [0.25, 0.3) is 0 Å². The van der Waals surface area contributed by atoms with Crippen LogP contribution in [0.1, 0.15) is 23.2 Å². The molecule has 2 aromatic rings. The first-order valence-electron chi connectivity index (χ1n) is 10.5. The number of nitrogens with one attached hydrogen (secondary N) is 1. The fourth-order valence-electron chi connectivity index (χ4n) is 4.02. The van der Waals surface area contributed by atoms with Crippen LogP contribution in [0.2, 0.25) is 0 Å². The lowest BCUT2D eigenvalue weighted by molar-refractivity contribution is -0.118. The highest BCUT2D eigenvalue weighted by atomic mass is 19.1. The Morgan fingerprint density at radius 3 is 2.35 bits per heavy atom. The summed E-state index contributed by atoms with van der Waals surface area (Å²) in [6, 6.07) is 13.3. The van der Waals surface area contributed by atoms with Crippen LogP contribution in [0.4, 0.5) is 15.8 Å². The van der Waals surface area contributed by atoms with E-state index in [9.17, 15) is 18.8 Å². The number of carbonyl (C=O) groups is 3. The van der Waals surface area contributed by atoms with Crippen molar-refractivity contribution < 1.29 is 18.8 Å². The Morgan fingerprint density at radius 2 is 1.65 bits per heavy atom. The topological polar surface area (TPSA) is 73.0 Å². The number of anilines is 2. The molecule has 0 radical (unpaired) electrons. The minimum Gasteiger partial charge on any atom is -0.336 e. The third-order valence-corrected chi connectivity index (χ3v) is 5.67. The first-order valence-corrected chi connectivity index (χ1v) is 10.5. The Kier molecular flexibility index (Phi) is 6.27. The predicted octanol–water partition coefficient (Wildman–Crippen LogP) is 2.35. The van der Waals surface area contributed by atoms with Gasteiger partial charge in [-0.25, -0.2) is 4.39 Å². The fourth-order valence-corrected chi connectivity index (χ4v) is 4.02. The fraction of sp³-hybridized carbons (Fsp3) is 0.348. The van der Waals surface area contributed by atoms with Crippen LogP contribution in [0.3, 0.4) is 0 Å². The zero-order valence-electron chi connectivity index (χ0n) is 17.2. The highest BCUT2D eigenvalue weighted by Crippen LogP contribution is 2.29. The molecule has 7 nitrogen and oxygen atoms in total. The van der Waals surface area contributed by atoms with Crippen LogP contribution in [0.15, 0.2) is 48.5 Å². The second-order valence-corrected chi connectivity index (χ2v) is 7.76. The standard InChI is InChI=1S/C23H25FN4O3/c24-18-7-2-1-6-17(18)23(31)27-14-12-26(13-15-27)16-21(29)25-19-8-3-4-9-20(19)28-11-5-10-22(28)30/h1-4,6-9H,5,10-16H2,(H,25,29). The van der Waals surface area contributed by atoms with E-state index in [1.54, 1.807) is 28.0 Å². The van der Waals surface area contributed by atoms with Crippen LogP contribution in [0.5, 0.6) is 0 Å². The number of carbonyl (C=O) groups excluding carboxylic acids is 3. The second kappa shape index (κ2) is 9.26. The van der Waals surface area contributed by atoms with Gasteiger partial charge in [0.15, 0.2) is 0 Å². The number of piperazine rings is 1. The van der Waals surface area contributed by atoms with Gasteiger partial charge >= 0.3 is 0 Å². The van der Waals surface area contributed by atoms with Gasteiger partial charge in [-0.2, -0.15) is 0 Å². The van der Waals surface area contributed by atoms with E-state index in [4.69, 9.17) is 0 Å². The van der Waals surface area contributed by atoms with Crippen LogP contribution >= 0.6 is 0 Å². The van der Waals surface area contributed by atoms with Crippen molar-refractivity contribution in [1.29, 1.82) is 0 Å². The maximum atomic E-state index is 13.9. The molecule has 4 rings (SSSR count). The lowest BCUT2D eigenvalue weighted by Crippen LogP contribution is -2.50. The highest BCUT2D eigenvalue weighted by Gasteiger charge is 2.26. The van der Waals surface area contributed by atoms with Crippen LogP contribution in [-0.4, -0.2) is 66.8 Å². The van der Waals surface area contributed by atoms with Crippen molar-refractivity contribution in [2.45, 2.75) is 12.8 Å². The molecule has 0 bridgehead atoms. The predicted molar refractivity (Wildman–Crippen MR) is 115 cm³/mol. The van der Waals surface area contributed by atoms with E-state index in [-0.39, 0.29) is 29.8 Å². The van der Waals surface area contributed by atoms with Gasteiger partial charge in [-0.15, -0.1) is 0 Å².